The fourth-order valence-electron chi connectivity index (χ4n) is 15.7. The number of hydrogen-bond donors (Lipinski definition) is 4. The van der Waals surface area contributed by atoms with Crippen LogP contribution in [0.25, 0.3) is 0 Å². The molecule has 0 bridgehead atoms. The largest absolute Gasteiger partial charge is 0.472 e. The Labute approximate surface area is 840 Å². The molecule has 0 aromatic carbocycles. The summed E-state index contributed by atoms with van der Waals surface area (Å²) in [7, 11) is -9.82. The first-order chi connectivity index (χ1) is 67.2. The van der Waals surface area contributed by atoms with Gasteiger partial charge in [-0.05, 0) is 161 Å². The van der Waals surface area contributed by atoms with Gasteiger partial charge in [0.2, 0.25) is 0 Å². The molecule has 4 N–H and O–H groups in total. The first-order valence-electron chi connectivity index (χ1n) is 56.1. The van der Waals surface area contributed by atoms with E-state index in [1.165, 1.54) is 283 Å². The van der Waals surface area contributed by atoms with Gasteiger partial charge in [0.15, 0.2) is 6.10 Å². The lowest BCUT2D eigenvalue weighted by molar-refractivity contribution is -0.161. The van der Waals surface area contributed by atoms with Gasteiger partial charge in [0.25, 0.3) is 0 Å². The van der Waals surface area contributed by atoms with E-state index >= 15 is 0 Å². The average Bonchev–Trinajstić information content (AvgIpc) is 0.898. The Morgan fingerprint density at radius 1 is 0.212 bits per heavy atom. The highest BCUT2D eigenvalue weighted by molar-refractivity contribution is 7.47. The molecule has 0 rings (SSSR count). The number of unbranched alkanes of at least 4 members (excludes halogenated alkanes) is 53. The first-order valence-corrected chi connectivity index (χ1v) is 59.1. The van der Waals surface area contributed by atoms with E-state index < -0.39 is 91.5 Å². The van der Waals surface area contributed by atoms with Crippen molar-refractivity contribution in [3.8, 4) is 0 Å². The standard InChI is InChI=1S/C119H206O16P2/c1-4-7-10-13-16-19-22-25-28-31-34-37-40-43-46-49-52-54-56-58-61-63-66-69-72-75-78-81-84-87-90-93-96-99-102-105-117(122)129-108-114(120)109-131-136(125,126)132-110-115(121)111-133-137(127,128)134-113-116(135-119(124)107-104-101-98-95-92-89-86-83-80-77-74-71-68-65-60-51-48-45-42-39-36-33-30-27-24-21-18-15-12-9-6-3)112-130-118(123)106-103-100-97-94-91-88-85-82-79-76-73-70-67-64-62-59-57-55-53-50-47-44-41-38-35-32-29-26-23-20-17-14-11-8-5-2/h7-8,10-11,16-21,25-30,34-39,43-48,52,54,114-116,120-121H,4-6,9,12-15,22-24,31-33,40-42,49-51,53,55-113H2,1-3H3,(H,125,126)(H,127,128)/b10-7-,11-8-,19-16-,20-17-,21-18-,28-25-,29-26-,30-27-,37-34-,38-35-,39-36-,46-43-,47-44-,48-45-,54-52-. The lowest BCUT2D eigenvalue weighted by Crippen LogP contribution is -2.30. The number of ether oxygens (including phenoxy) is 3. The van der Waals surface area contributed by atoms with Crippen LogP contribution < -0.4 is 0 Å². The van der Waals surface area contributed by atoms with Crippen molar-refractivity contribution in [2.45, 2.75) is 514 Å². The van der Waals surface area contributed by atoms with Crippen molar-refractivity contribution in [2.24, 2.45) is 0 Å². The van der Waals surface area contributed by atoms with Crippen LogP contribution in [0.4, 0.5) is 0 Å². The van der Waals surface area contributed by atoms with Crippen LogP contribution in [0.15, 0.2) is 182 Å². The molecule has 0 saturated carbocycles. The quantitative estimate of drug-likeness (QED) is 0.0146. The summed E-state index contributed by atoms with van der Waals surface area (Å²) < 4.78 is 61.9. The molecule has 0 aliphatic rings. The van der Waals surface area contributed by atoms with E-state index in [0.29, 0.717) is 19.3 Å². The molecular formula is C119H206O16P2. The van der Waals surface area contributed by atoms with E-state index in [1.807, 2.05) is 0 Å². The van der Waals surface area contributed by atoms with Crippen molar-refractivity contribution in [2.75, 3.05) is 39.6 Å². The number of carbonyl (C=O) groups excluding carboxylic acids is 3. The number of hydrogen-bond acceptors (Lipinski definition) is 14. The van der Waals surface area contributed by atoms with Gasteiger partial charge in [0, 0.05) is 19.3 Å². The Morgan fingerprint density at radius 3 is 0.613 bits per heavy atom. The zero-order valence-corrected chi connectivity index (χ0v) is 89.5. The van der Waals surface area contributed by atoms with E-state index in [-0.39, 0.29) is 19.3 Å². The smallest absolute Gasteiger partial charge is 0.463 e. The highest BCUT2D eigenvalue weighted by Gasteiger charge is 2.30. The van der Waals surface area contributed by atoms with Gasteiger partial charge >= 0.3 is 33.6 Å². The van der Waals surface area contributed by atoms with Crippen LogP contribution in [0.3, 0.4) is 0 Å². The maximum absolute atomic E-state index is 13.2. The third-order valence-electron chi connectivity index (χ3n) is 24.1. The molecule has 788 valence electrons. The van der Waals surface area contributed by atoms with Crippen LogP contribution in [0.1, 0.15) is 496 Å². The molecule has 0 aromatic rings. The zero-order valence-electron chi connectivity index (χ0n) is 87.7. The third kappa shape index (κ3) is 111. The number of carbonyl (C=O) groups is 3. The minimum absolute atomic E-state index is 0.104. The molecule has 0 aliphatic heterocycles. The summed E-state index contributed by atoms with van der Waals surface area (Å²) in [6.45, 7) is 2.53. The number of aliphatic hydroxyl groups excluding tert-OH is 2. The van der Waals surface area contributed by atoms with E-state index in [0.717, 1.165) is 154 Å². The second-order valence-corrected chi connectivity index (χ2v) is 40.3. The molecule has 0 aliphatic carbocycles. The molecule has 0 fully saturated rings. The van der Waals surface area contributed by atoms with Crippen molar-refractivity contribution in [1.29, 1.82) is 0 Å². The summed E-state index contributed by atoms with van der Waals surface area (Å²) >= 11 is 0. The van der Waals surface area contributed by atoms with Crippen LogP contribution in [0, 0.1) is 0 Å². The Kier molecular flexibility index (Phi) is 105. The first kappa shape index (κ1) is 132. The maximum Gasteiger partial charge on any atom is 0.472 e. The number of esters is 3. The molecule has 5 unspecified atom stereocenters. The van der Waals surface area contributed by atoms with Gasteiger partial charge in [-0.1, -0.05) is 498 Å². The molecule has 137 heavy (non-hydrogen) atoms. The van der Waals surface area contributed by atoms with Gasteiger partial charge in [-0.2, -0.15) is 0 Å². The Balaban J connectivity index is 4.59. The van der Waals surface area contributed by atoms with Crippen molar-refractivity contribution in [3.05, 3.63) is 182 Å². The van der Waals surface area contributed by atoms with Crippen molar-refractivity contribution in [1.82, 2.24) is 0 Å². The normalized spacial score (nSPS) is 14.2. The fraction of sp³-hybridized carbons (Fsp3) is 0.723. The van der Waals surface area contributed by atoms with Crippen molar-refractivity contribution in [3.63, 3.8) is 0 Å². The lowest BCUT2D eigenvalue weighted by atomic mass is 10.0. The van der Waals surface area contributed by atoms with Crippen molar-refractivity contribution < 1.29 is 75.8 Å². The fourth-order valence-corrected chi connectivity index (χ4v) is 17.3. The van der Waals surface area contributed by atoms with Crippen LogP contribution >= 0.6 is 15.6 Å². The molecule has 0 aromatic heterocycles. The molecule has 0 heterocycles. The van der Waals surface area contributed by atoms with Gasteiger partial charge in [-0.3, -0.25) is 32.5 Å². The number of allylic oxidation sites excluding steroid dienone is 30. The summed E-state index contributed by atoms with van der Waals surface area (Å²) in [6, 6.07) is 0. The molecule has 0 spiro atoms. The van der Waals surface area contributed by atoms with Gasteiger partial charge in [0.1, 0.15) is 25.4 Å². The predicted octanol–water partition coefficient (Wildman–Crippen LogP) is 36.2. The number of phosphoric acid groups is 2. The Morgan fingerprint density at radius 2 is 0.387 bits per heavy atom. The monoisotopic (exact) mass is 1950 g/mol. The minimum atomic E-state index is -4.95. The second-order valence-electron chi connectivity index (χ2n) is 37.4. The van der Waals surface area contributed by atoms with E-state index in [9.17, 15) is 43.5 Å². The molecule has 0 saturated heterocycles. The third-order valence-corrected chi connectivity index (χ3v) is 26.0. The maximum atomic E-state index is 13.2. The number of phosphoric ester groups is 2. The Hall–Kier alpha value is -5.35. The average molecular weight is 1950 g/mol. The van der Waals surface area contributed by atoms with Gasteiger partial charge in [0.05, 0.1) is 26.4 Å². The second kappa shape index (κ2) is 109. The van der Waals surface area contributed by atoms with Crippen LogP contribution in [0.5, 0.6) is 0 Å². The number of aliphatic hydroxyl groups is 2. The van der Waals surface area contributed by atoms with Crippen LogP contribution in [-0.2, 0) is 55.8 Å². The molecule has 0 radical (unpaired) electrons. The topological polar surface area (TPSA) is 231 Å². The van der Waals surface area contributed by atoms with E-state index in [1.54, 1.807) is 0 Å². The van der Waals surface area contributed by atoms with E-state index in [2.05, 4.69) is 203 Å². The summed E-state index contributed by atoms with van der Waals surface area (Å²) in [5.41, 5.74) is 0. The summed E-state index contributed by atoms with van der Waals surface area (Å²) in [5, 5.41) is 20.8. The highest BCUT2D eigenvalue weighted by Crippen LogP contribution is 2.45. The minimum Gasteiger partial charge on any atom is -0.463 e. The summed E-state index contributed by atoms with van der Waals surface area (Å²) in [4.78, 5) is 59.4. The molecule has 0 amide bonds. The van der Waals surface area contributed by atoms with Crippen LogP contribution in [-0.4, -0.2) is 95.9 Å². The molecular weight excluding hydrogens is 1750 g/mol. The van der Waals surface area contributed by atoms with Gasteiger partial charge in [-0.15, -0.1) is 0 Å². The summed E-state index contributed by atoms with van der Waals surface area (Å²) in [6.07, 6.45) is 147. The van der Waals surface area contributed by atoms with Crippen molar-refractivity contribution >= 4 is 33.6 Å². The van der Waals surface area contributed by atoms with Gasteiger partial charge in [-0.25, -0.2) is 9.13 Å². The van der Waals surface area contributed by atoms with E-state index in [4.69, 9.17) is 32.3 Å². The lowest BCUT2D eigenvalue weighted by Gasteiger charge is -2.21. The van der Waals surface area contributed by atoms with Gasteiger partial charge < -0.3 is 34.2 Å². The zero-order chi connectivity index (χ0) is 99.2. The highest BCUT2D eigenvalue weighted by atomic mass is 31.2. The molecule has 18 heteroatoms. The SMILES string of the molecule is CC/C=C\C/C=C\C/C=C\C/C=C\C/C=C\C/C=C\CCCCCCCCCCCCCCCCCCC(=O)OCC(O)COP(=O)(O)OCC(O)COP(=O)(O)OCC(COC(=O)CCCCCCCCCCCCCCCCCCCCC/C=C\C/C=C\C/C=C\C/C=C\C/C=C\CC)OC(=O)CCCCCCCCCCCCCCCCC/C=C\C/C=C\C/C=C\C/C=C\CCCCC. The predicted molar refractivity (Wildman–Crippen MR) is 583 cm³/mol. The molecule has 16 nitrogen and oxygen atoms in total. The summed E-state index contributed by atoms with van der Waals surface area (Å²) in [5.74, 6) is -1.55. The Bertz CT molecular complexity index is 3220. The number of rotatable bonds is 106. The molecule has 5 atom stereocenters. The van der Waals surface area contributed by atoms with Crippen LogP contribution in [0.2, 0.25) is 0 Å².